The monoisotopic (exact) mass is 371 g/mol. The number of benzene rings is 1. The van der Waals surface area contributed by atoms with Crippen LogP contribution in [0.1, 0.15) is 28.5 Å². The van der Waals surface area contributed by atoms with E-state index >= 15 is 0 Å². The third-order valence-corrected chi connectivity index (χ3v) is 5.90. The molecule has 26 heavy (non-hydrogen) atoms. The van der Waals surface area contributed by atoms with E-state index in [9.17, 15) is 8.42 Å². The smallest absolute Gasteiger partial charge is 0.245 e. The minimum Gasteiger partial charge on any atom is -0.360 e. The highest BCUT2D eigenvalue weighted by atomic mass is 32.2. The van der Waals surface area contributed by atoms with Gasteiger partial charge in [0.05, 0.1) is 0 Å². The first-order valence-electron chi connectivity index (χ1n) is 8.34. The zero-order chi connectivity index (χ0) is 18.6. The molecule has 0 aliphatic heterocycles. The lowest BCUT2D eigenvalue weighted by Gasteiger charge is -2.18. The van der Waals surface area contributed by atoms with Gasteiger partial charge in [0.15, 0.2) is 5.76 Å². The Kier molecular flexibility index (Phi) is 5.49. The van der Waals surface area contributed by atoms with E-state index in [2.05, 4.69) is 14.9 Å². The van der Waals surface area contributed by atoms with Crippen LogP contribution < -0.4 is 4.72 Å². The molecule has 0 aliphatic rings. The largest absolute Gasteiger partial charge is 0.360 e. The Bertz CT molecular complexity index is 935. The summed E-state index contributed by atoms with van der Waals surface area (Å²) in [6.45, 7) is 3.49. The Hall–Kier alpha value is -2.51. The van der Waals surface area contributed by atoms with Gasteiger partial charge in [0.2, 0.25) is 10.0 Å². The summed E-state index contributed by atoms with van der Waals surface area (Å²) in [4.78, 5) is 4.26. The molecule has 2 heterocycles. The third kappa shape index (κ3) is 4.17. The van der Waals surface area contributed by atoms with Gasteiger partial charge in [-0.05, 0) is 37.5 Å². The quantitative estimate of drug-likeness (QED) is 0.690. The van der Waals surface area contributed by atoms with Gasteiger partial charge >= 0.3 is 0 Å². The van der Waals surface area contributed by atoms with E-state index in [0.717, 1.165) is 11.1 Å². The van der Waals surface area contributed by atoms with Gasteiger partial charge < -0.3 is 4.52 Å². The average molecular weight is 371 g/mol. The molecule has 6 nitrogen and oxygen atoms in total. The molecule has 136 valence electrons. The van der Waals surface area contributed by atoms with Crippen LogP contribution in [0.3, 0.4) is 0 Å². The highest BCUT2D eigenvalue weighted by molar-refractivity contribution is 7.89. The van der Waals surface area contributed by atoms with Gasteiger partial charge in [0, 0.05) is 24.9 Å². The summed E-state index contributed by atoms with van der Waals surface area (Å²) >= 11 is 0. The van der Waals surface area contributed by atoms with E-state index in [-0.39, 0.29) is 17.4 Å². The predicted molar refractivity (Wildman–Crippen MR) is 98.3 cm³/mol. The van der Waals surface area contributed by atoms with Gasteiger partial charge in [0.25, 0.3) is 0 Å². The first-order chi connectivity index (χ1) is 12.5. The molecule has 1 atom stereocenters. The second kappa shape index (κ2) is 7.80. The van der Waals surface area contributed by atoms with Crippen molar-refractivity contribution in [1.82, 2.24) is 14.9 Å². The van der Waals surface area contributed by atoms with Gasteiger partial charge in [-0.3, -0.25) is 4.98 Å². The Morgan fingerprint density at radius 1 is 1.12 bits per heavy atom. The molecule has 0 radical (unpaired) electrons. The van der Waals surface area contributed by atoms with E-state index < -0.39 is 10.0 Å². The van der Waals surface area contributed by atoms with E-state index in [1.165, 1.54) is 0 Å². The molecule has 0 bridgehead atoms. The molecule has 0 spiro atoms. The topological polar surface area (TPSA) is 85.1 Å². The zero-order valence-corrected chi connectivity index (χ0v) is 15.5. The SMILES string of the molecule is Cc1noc(C)c1S(=O)(=O)NCC(Cc1cccnc1)c1ccccc1. The highest BCUT2D eigenvalue weighted by Crippen LogP contribution is 2.23. The lowest BCUT2D eigenvalue weighted by Crippen LogP contribution is -2.30. The maximum absolute atomic E-state index is 12.7. The second-order valence-electron chi connectivity index (χ2n) is 6.18. The predicted octanol–water partition coefficient (Wildman–Crippen LogP) is 2.99. The molecular formula is C19H21N3O3S. The van der Waals surface area contributed by atoms with Gasteiger partial charge in [-0.1, -0.05) is 41.6 Å². The van der Waals surface area contributed by atoms with Crippen molar-refractivity contribution in [2.75, 3.05) is 6.54 Å². The summed E-state index contributed by atoms with van der Waals surface area (Å²) in [5.74, 6) is 0.272. The standard InChI is InChI=1S/C19H21N3O3S/c1-14-19(15(2)25-22-14)26(23,24)21-13-18(17-8-4-3-5-9-17)11-16-7-6-10-20-12-16/h3-10,12,18,21H,11,13H2,1-2H3. The van der Waals surface area contributed by atoms with E-state index in [0.29, 0.717) is 17.9 Å². The average Bonchev–Trinajstić information content (AvgIpc) is 2.99. The van der Waals surface area contributed by atoms with Crippen molar-refractivity contribution < 1.29 is 12.9 Å². The maximum atomic E-state index is 12.7. The molecule has 1 unspecified atom stereocenters. The molecule has 0 fully saturated rings. The van der Waals surface area contributed by atoms with Crippen molar-refractivity contribution in [3.05, 3.63) is 77.4 Å². The van der Waals surface area contributed by atoms with Crippen molar-refractivity contribution in [2.45, 2.75) is 31.1 Å². The van der Waals surface area contributed by atoms with Crippen molar-refractivity contribution in [3.8, 4) is 0 Å². The molecule has 0 saturated carbocycles. The number of hydrogen-bond donors (Lipinski definition) is 1. The van der Waals surface area contributed by atoms with Gasteiger partial charge in [-0.15, -0.1) is 0 Å². The van der Waals surface area contributed by atoms with Crippen molar-refractivity contribution in [1.29, 1.82) is 0 Å². The number of aryl methyl sites for hydroxylation is 2. The Labute approximate surface area is 153 Å². The number of nitrogens with zero attached hydrogens (tertiary/aromatic N) is 2. The van der Waals surface area contributed by atoms with Crippen LogP contribution >= 0.6 is 0 Å². The van der Waals surface area contributed by atoms with Crippen LogP contribution in [-0.4, -0.2) is 25.1 Å². The summed E-state index contributed by atoms with van der Waals surface area (Å²) in [5.41, 5.74) is 2.48. The lowest BCUT2D eigenvalue weighted by atomic mass is 9.93. The van der Waals surface area contributed by atoms with Crippen LogP contribution in [0.5, 0.6) is 0 Å². The third-order valence-electron chi connectivity index (χ3n) is 4.23. The van der Waals surface area contributed by atoms with E-state index in [1.54, 1.807) is 26.2 Å². The molecule has 1 N–H and O–H groups in total. The maximum Gasteiger partial charge on any atom is 0.245 e. The van der Waals surface area contributed by atoms with Gasteiger partial charge in [-0.2, -0.15) is 0 Å². The molecule has 1 aromatic carbocycles. The first-order valence-corrected chi connectivity index (χ1v) is 9.82. The molecule has 3 rings (SSSR count). The fourth-order valence-electron chi connectivity index (χ4n) is 2.98. The number of hydrogen-bond acceptors (Lipinski definition) is 5. The normalized spacial score (nSPS) is 12.8. The number of pyridine rings is 1. The number of sulfonamides is 1. The number of rotatable bonds is 7. The first kappa shape index (κ1) is 18.3. The molecular weight excluding hydrogens is 350 g/mol. The summed E-state index contributed by atoms with van der Waals surface area (Å²) < 4.78 is 33.1. The van der Waals surface area contributed by atoms with Crippen LogP contribution in [0.15, 0.2) is 64.3 Å². The van der Waals surface area contributed by atoms with Crippen molar-refractivity contribution in [3.63, 3.8) is 0 Å². The second-order valence-corrected chi connectivity index (χ2v) is 7.88. The van der Waals surface area contributed by atoms with Gasteiger partial charge in [-0.25, -0.2) is 13.1 Å². The Morgan fingerprint density at radius 3 is 2.50 bits per heavy atom. The van der Waals surface area contributed by atoms with Crippen LogP contribution in [-0.2, 0) is 16.4 Å². The van der Waals surface area contributed by atoms with Crippen LogP contribution in [0.25, 0.3) is 0 Å². The fraction of sp³-hybridized carbons (Fsp3) is 0.263. The Balaban J connectivity index is 1.82. The van der Waals surface area contributed by atoms with Gasteiger partial charge in [0.1, 0.15) is 10.6 Å². The molecule has 3 aromatic rings. The number of aromatic nitrogens is 2. The molecule has 0 amide bonds. The minimum absolute atomic E-state index is 0.0179. The van der Waals surface area contributed by atoms with E-state index in [4.69, 9.17) is 4.52 Å². The summed E-state index contributed by atoms with van der Waals surface area (Å²) in [6, 6.07) is 13.7. The highest BCUT2D eigenvalue weighted by Gasteiger charge is 2.25. The molecule has 0 aliphatic carbocycles. The van der Waals surface area contributed by atoms with Crippen LogP contribution in [0, 0.1) is 13.8 Å². The van der Waals surface area contributed by atoms with E-state index in [1.807, 2.05) is 42.5 Å². The van der Waals surface area contributed by atoms with Crippen LogP contribution in [0.4, 0.5) is 0 Å². The molecule has 7 heteroatoms. The van der Waals surface area contributed by atoms with Crippen LogP contribution in [0.2, 0.25) is 0 Å². The summed E-state index contributed by atoms with van der Waals surface area (Å²) in [7, 11) is -3.70. The summed E-state index contributed by atoms with van der Waals surface area (Å²) in [6.07, 6.45) is 4.21. The lowest BCUT2D eigenvalue weighted by molar-refractivity contribution is 0.390. The minimum atomic E-state index is -3.70. The van der Waals surface area contributed by atoms with Crippen molar-refractivity contribution >= 4 is 10.0 Å². The van der Waals surface area contributed by atoms with Crippen molar-refractivity contribution in [2.24, 2.45) is 0 Å². The summed E-state index contributed by atoms with van der Waals surface area (Å²) in [5, 5.41) is 3.73. The zero-order valence-electron chi connectivity index (χ0n) is 14.7. The molecule has 0 saturated heterocycles. The Morgan fingerprint density at radius 2 is 1.88 bits per heavy atom. The molecule has 2 aromatic heterocycles. The number of nitrogens with one attached hydrogen (secondary N) is 1. The fourth-order valence-corrected chi connectivity index (χ4v) is 4.38.